The van der Waals surface area contributed by atoms with Crippen LogP contribution in [-0.4, -0.2) is 62.2 Å². The molecule has 0 aromatic rings. The molecule has 0 heterocycles. The molecule has 0 spiro atoms. The zero-order valence-electron chi connectivity index (χ0n) is 6.49. The van der Waals surface area contributed by atoms with E-state index in [1.807, 2.05) is 0 Å². The molecule has 3 atom stereocenters. The molecule has 0 aromatic carbocycles. The van der Waals surface area contributed by atoms with Gasteiger partial charge in [0.05, 0.1) is 6.61 Å². The van der Waals surface area contributed by atoms with Gasteiger partial charge in [-0.1, -0.05) is 0 Å². The second kappa shape index (κ2) is 4.87. The first-order chi connectivity index (χ1) is 5.91. The van der Waals surface area contributed by atoms with Crippen LogP contribution in [-0.2, 0) is 9.59 Å². The van der Waals surface area contributed by atoms with E-state index in [1.54, 1.807) is 0 Å². The third kappa shape index (κ3) is 3.07. The number of aliphatic hydroxyl groups excluding tert-OH is 4. The van der Waals surface area contributed by atoms with Crippen LogP contribution in [0.1, 0.15) is 0 Å². The minimum Gasteiger partial charge on any atom is -0.475 e. The Labute approximate surface area is 72.9 Å². The van der Waals surface area contributed by atoms with Crippen molar-refractivity contribution in [3.8, 4) is 0 Å². The largest absolute Gasteiger partial charge is 0.475 e. The van der Waals surface area contributed by atoms with E-state index in [9.17, 15) is 9.59 Å². The molecule has 0 unspecified atom stereocenters. The Morgan fingerprint density at radius 3 is 1.92 bits per heavy atom. The quantitative estimate of drug-likeness (QED) is 0.289. The first kappa shape index (κ1) is 12.0. The van der Waals surface area contributed by atoms with Crippen LogP contribution >= 0.6 is 0 Å². The van der Waals surface area contributed by atoms with Crippen molar-refractivity contribution < 1.29 is 35.1 Å². The number of carbonyl (C=O) groups is 2. The molecule has 0 aliphatic rings. The van der Waals surface area contributed by atoms with Gasteiger partial charge in [-0.2, -0.15) is 0 Å². The zero-order chi connectivity index (χ0) is 10.6. The summed E-state index contributed by atoms with van der Waals surface area (Å²) in [4.78, 5) is 20.5. The number of aliphatic hydroxyl groups is 4. The van der Waals surface area contributed by atoms with Gasteiger partial charge in [-0.25, -0.2) is 4.79 Å². The van der Waals surface area contributed by atoms with Crippen molar-refractivity contribution in [2.45, 2.75) is 18.3 Å². The summed E-state index contributed by atoms with van der Waals surface area (Å²) in [5, 5.41) is 42.8. The van der Waals surface area contributed by atoms with Crippen LogP contribution in [0.5, 0.6) is 0 Å². The Balaban J connectivity index is 4.33. The number of carboxylic acid groups (broad SMARTS) is 1. The first-order valence-corrected chi connectivity index (χ1v) is 3.34. The maximum Gasteiger partial charge on any atom is 0.375 e. The van der Waals surface area contributed by atoms with E-state index in [0.717, 1.165) is 0 Å². The third-order valence-electron chi connectivity index (χ3n) is 1.38. The van der Waals surface area contributed by atoms with Gasteiger partial charge in [-0.15, -0.1) is 0 Å². The number of rotatable bonds is 5. The van der Waals surface area contributed by atoms with Gasteiger partial charge in [0.2, 0.25) is 0 Å². The van der Waals surface area contributed by atoms with Crippen molar-refractivity contribution in [1.82, 2.24) is 0 Å². The second-order valence-corrected chi connectivity index (χ2v) is 2.35. The first-order valence-electron chi connectivity index (χ1n) is 3.34. The lowest BCUT2D eigenvalue weighted by atomic mass is 10.1. The molecular formula is C6H10O7. The van der Waals surface area contributed by atoms with Crippen LogP contribution < -0.4 is 0 Å². The normalized spacial score (nSPS) is 17.5. The number of carbonyl (C=O) groups excluding carboxylic acids is 1. The fourth-order valence-corrected chi connectivity index (χ4v) is 0.600. The summed E-state index contributed by atoms with van der Waals surface area (Å²) in [5.41, 5.74) is 0. The fourth-order valence-electron chi connectivity index (χ4n) is 0.600. The Morgan fingerprint density at radius 1 is 1.15 bits per heavy atom. The second-order valence-electron chi connectivity index (χ2n) is 2.35. The van der Waals surface area contributed by atoms with Crippen LogP contribution in [0, 0.1) is 0 Å². The molecule has 0 saturated heterocycles. The third-order valence-corrected chi connectivity index (χ3v) is 1.38. The van der Waals surface area contributed by atoms with E-state index in [1.165, 1.54) is 0 Å². The van der Waals surface area contributed by atoms with Crippen LogP contribution in [0.2, 0.25) is 0 Å². The lowest BCUT2D eigenvalue weighted by Crippen LogP contribution is -2.46. The summed E-state index contributed by atoms with van der Waals surface area (Å²) in [6.45, 7) is -0.884. The standard InChI is InChI=1S/C6H10O7/c7-1-2(8)3(9)4(10)5(11)6(12)13/h2-4,7-10H,1H2,(H,12,13)/t2-,3+,4+/m1/s1. The molecule has 0 aromatic heterocycles. The molecule has 5 N–H and O–H groups in total. The van der Waals surface area contributed by atoms with E-state index in [4.69, 9.17) is 25.5 Å². The van der Waals surface area contributed by atoms with Gasteiger partial charge in [0.25, 0.3) is 5.78 Å². The maximum atomic E-state index is 10.5. The predicted octanol–water partition coefficient (Wildman–Crippen LogP) is -3.28. The van der Waals surface area contributed by atoms with E-state index >= 15 is 0 Å². The SMILES string of the molecule is O=C(O)C(=O)[C@@H](O)[C@@H](O)[C@H](O)CO. The Bertz CT molecular complexity index is 201. The van der Waals surface area contributed by atoms with Gasteiger partial charge in [0.1, 0.15) is 12.2 Å². The highest BCUT2D eigenvalue weighted by molar-refractivity contribution is 6.34. The number of aliphatic carboxylic acids is 1. The Kier molecular flexibility index (Phi) is 4.49. The summed E-state index contributed by atoms with van der Waals surface area (Å²) >= 11 is 0. The molecule has 0 aliphatic carbocycles. The summed E-state index contributed by atoms with van der Waals surface area (Å²) in [6.07, 6.45) is -5.99. The topological polar surface area (TPSA) is 135 Å². The molecule has 0 bridgehead atoms. The zero-order valence-corrected chi connectivity index (χ0v) is 6.49. The molecule has 7 nitrogen and oxygen atoms in total. The minimum absolute atomic E-state index is 0.884. The lowest BCUT2D eigenvalue weighted by molar-refractivity contribution is -0.159. The minimum atomic E-state index is -2.24. The molecule has 0 amide bonds. The average molecular weight is 194 g/mol. The molecule has 13 heavy (non-hydrogen) atoms. The highest BCUT2D eigenvalue weighted by Crippen LogP contribution is 2.01. The van der Waals surface area contributed by atoms with Crippen LogP contribution in [0.25, 0.3) is 0 Å². The van der Waals surface area contributed by atoms with E-state index in [-0.39, 0.29) is 0 Å². The van der Waals surface area contributed by atoms with Gasteiger partial charge in [0.15, 0.2) is 6.10 Å². The van der Waals surface area contributed by atoms with Crippen LogP contribution in [0.4, 0.5) is 0 Å². The molecular weight excluding hydrogens is 184 g/mol. The highest BCUT2D eigenvalue weighted by atomic mass is 16.4. The number of carboxylic acids is 1. The van der Waals surface area contributed by atoms with Gasteiger partial charge in [0, 0.05) is 0 Å². The molecule has 0 rings (SSSR count). The van der Waals surface area contributed by atoms with Crippen molar-refractivity contribution in [2.75, 3.05) is 6.61 Å². The molecule has 0 aliphatic heterocycles. The molecule has 0 saturated carbocycles. The molecule has 7 heteroatoms. The number of ketones is 1. The number of hydrogen-bond donors (Lipinski definition) is 5. The number of hydrogen-bond acceptors (Lipinski definition) is 6. The summed E-state index contributed by atoms with van der Waals surface area (Å²) in [5.74, 6) is -3.56. The van der Waals surface area contributed by atoms with Crippen molar-refractivity contribution in [3.63, 3.8) is 0 Å². The Morgan fingerprint density at radius 2 is 1.62 bits per heavy atom. The smallest absolute Gasteiger partial charge is 0.375 e. The van der Waals surface area contributed by atoms with Crippen molar-refractivity contribution in [3.05, 3.63) is 0 Å². The maximum absolute atomic E-state index is 10.5. The fraction of sp³-hybridized carbons (Fsp3) is 0.667. The van der Waals surface area contributed by atoms with Crippen molar-refractivity contribution >= 4 is 11.8 Å². The van der Waals surface area contributed by atoms with Gasteiger partial charge < -0.3 is 25.5 Å². The van der Waals surface area contributed by atoms with Gasteiger partial charge in [-0.05, 0) is 0 Å². The summed E-state index contributed by atoms with van der Waals surface area (Å²) < 4.78 is 0. The van der Waals surface area contributed by atoms with Gasteiger partial charge >= 0.3 is 5.97 Å². The van der Waals surface area contributed by atoms with Crippen LogP contribution in [0.15, 0.2) is 0 Å². The van der Waals surface area contributed by atoms with E-state index < -0.39 is 36.7 Å². The molecule has 76 valence electrons. The number of Topliss-reactive ketones (excluding diaryl/α,β-unsaturated/α-hetero) is 1. The van der Waals surface area contributed by atoms with Crippen molar-refractivity contribution in [2.24, 2.45) is 0 Å². The van der Waals surface area contributed by atoms with E-state index in [2.05, 4.69) is 0 Å². The predicted molar refractivity (Wildman–Crippen MR) is 37.7 cm³/mol. The molecule has 0 fully saturated rings. The highest BCUT2D eigenvalue weighted by Gasteiger charge is 2.33. The Hall–Kier alpha value is -1.02. The monoisotopic (exact) mass is 194 g/mol. The summed E-state index contributed by atoms with van der Waals surface area (Å²) in [7, 11) is 0. The van der Waals surface area contributed by atoms with Crippen molar-refractivity contribution in [1.29, 1.82) is 0 Å². The van der Waals surface area contributed by atoms with Gasteiger partial charge in [-0.3, -0.25) is 4.79 Å². The van der Waals surface area contributed by atoms with Crippen LogP contribution in [0.3, 0.4) is 0 Å². The lowest BCUT2D eigenvalue weighted by Gasteiger charge is -2.18. The summed E-state index contributed by atoms with van der Waals surface area (Å²) in [6, 6.07) is 0. The molecule has 0 radical (unpaired) electrons. The van der Waals surface area contributed by atoms with E-state index in [0.29, 0.717) is 0 Å². The average Bonchev–Trinajstić information content (AvgIpc) is 2.12.